The lowest BCUT2D eigenvalue weighted by molar-refractivity contribution is 0.271. The van der Waals surface area contributed by atoms with Gasteiger partial charge in [0.25, 0.3) is 11.1 Å². The zero-order valence-corrected chi connectivity index (χ0v) is 21.4. The zero-order valence-electron chi connectivity index (χ0n) is 20.4. The van der Waals surface area contributed by atoms with Crippen molar-refractivity contribution in [1.82, 2.24) is 18.8 Å². The lowest BCUT2D eigenvalue weighted by Crippen LogP contribution is -2.40. The number of rotatable bonds is 4. The normalized spacial score (nSPS) is 11.5. The van der Waals surface area contributed by atoms with Crippen LogP contribution >= 0.6 is 0 Å². The Morgan fingerprint density at radius 1 is 0.886 bits per heavy atom. The van der Waals surface area contributed by atoms with Crippen LogP contribution in [-0.2, 0) is 17.6 Å². The van der Waals surface area contributed by atoms with E-state index in [1.54, 1.807) is 16.8 Å². The molecule has 0 atom stereocenters. The van der Waals surface area contributed by atoms with E-state index >= 15 is 0 Å². The second kappa shape index (κ2) is 11.2. The molecule has 0 radical (unpaired) electrons. The highest BCUT2D eigenvalue weighted by Crippen LogP contribution is 2.36. The summed E-state index contributed by atoms with van der Waals surface area (Å²) in [6.45, 7) is 15.2. The van der Waals surface area contributed by atoms with Crippen LogP contribution in [0.2, 0.25) is 18.1 Å². The second-order valence-corrected chi connectivity index (χ2v) is 14.7. The van der Waals surface area contributed by atoms with E-state index in [1.807, 2.05) is 42.8 Å². The van der Waals surface area contributed by atoms with E-state index in [1.165, 1.54) is 0 Å². The summed E-state index contributed by atoms with van der Waals surface area (Å²) in [5, 5.41) is 9.01. The zero-order chi connectivity index (χ0) is 24.6. The van der Waals surface area contributed by atoms with E-state index in [-0.39, 0.29) is 37.6 Å². The quantitative estimate of drug-likeness (QED) is 0.335. The topological polar surface area (TPSA) is 104 Å². The van der Waals surface area contributed by atoms with E-state index in [0.717, 1.165) is 16.8 Å². The van der Waals surface area contributed by atoms with Crippen LogP contribution < -0.4 is 11.1 Å². The van der Waals surface area contributed by atoms with Crippen molar-refractivity contribution < 1.29 is 9.53 Å². The van der Waals surface area contributed by atoms with Crippen LogP contribution in [0.4, 0.5) is 0 Å². The van der Waals surface area contributed by atoms with Crippen LogP contribution in [0.15, 0.2) is 46.5 Å². The maximum atomic E-state index is 12.1. The molecule has 0 fully saturated rings. The third kappa shape index (κ3) is 6.42. The summed E-state index contributed by atoms with van der Waals surface area (Å²) < 4.78 is 9.74. The summed E-state index contributed by atoms with van der Waals surface area (Å²) >= 11 is 0. The minimum Gasteiger partial charge on any atom is -0.411 e. The average Bonchev–Trinajstić information content (AvgIpc) is 3.29. The first kappa shape index (κ1) is 30.1. The molecule has 4 aromatic rings. The third-order valence-electron chi connectivity index (χ3n) is 6.37. The molecule has 0 saturated heterocycles. The van der Waals surface area contributed by atoms with E-state index in [0.29, 0.717) is 23.3 Å². The largest absolute Gasteiger partial charge is 0.411 e. The molecule has 0 aromatic carbocycles. The molecular weight excluding hydrogens is 460 g/mol. The van der Waals surface area contributed by atoms with E-state index < -0.39 is 8.32 Å². The Labute approximate surface area is 208 Å². The molecule has 8 nitrogen and oxygen atoms in total. The van der Waals surface area contributed by atoms with Gasteiger partial charge >= 0.3 is 0 Å². The van der Waals surface area contributed by atoms with Gasteiger partial charge in [0.2, 0.25) is 0 Å². The number of nitrogens with one attached hydrogen (secondary N) is 2. The molecule has 0 saturated carbocycles. The highest BCUT2D eigenvalue weighted by molar-refractivity contribution is 6.74. The first-order valence-corrected chi connectivity index (χ1v) is 13.9. The molecule has 0 aliphatic rings. The van der Waals surface area contributed by atoms with Crippen molar-refractivity contribution in [2.45, 2.75) is 80.8 Å². The lowest BCUT2D eigenvalue weighted by Gasteiger charge is -2.36. The van der Waals surface area contributed by atoms with E-state index in [2.05, 4.69) is 43.8 Å². The number of nitrogens with zero attached hydrogens (tertiary/aromatic N) is 2. The molecule has 0 aliphatic carbocycles. The Balaban J connectivity index is 0.000000356. The van der Waals surface area contributed by atoms with Crippen LogP contribution in [0.25, 0.3) is 11.0 Å². The van der Waals surface area contributed by atoms with Crippen molar-refractivity contribution in [3.05, 3.63) is 80.1 Å². The minimum atomic E-state index is -1.80. The molecule has 0 spiro atoms. The molecule has 194 valence electrons. The standard InChI is InChI=1S/C15H24N2O2Si.C9H10N2O2.2CH4/c1-11-7-8-17-9-12(16-14(18)13(11)17)10-19-20(5,6)15(2,3)4;1-6-2-3-11-4-7(5-12)10-9(13)8(6)11;;/h7-9H,10H2,1-6H3,(H,16,18);2-4,12H,5H2,1H3,(H,10,13);2*1H4. The molecular formula is C26H42N4O4Si. The Morgan fingerprint density at radius 2 is 1.31 bits per heavy atom. The van der Waals surface area contributed by atoms with Gasteiger partial charge in [-0.15, -0.1) is 0 Å². The average molecular weight is 503 g/mol. The fraction of sp³-hybridized carbons (Fsp3) is 0.462. The molecule has 0 unspecified atom stereocenters. The number of aryl methyl sites for hydroxylation is 2. The van der Waals surface area contributed by atoms with Gasteiger partial charge < -0.3 is 28.3 Å². The van der Waals surface area contributed by atoms with Crippen LogP contribution in [0.3, 0.4) is 0 Å². The van der Waals surface area contributed by atoms with Gasteiger partial charge in [-0.1, -0.05) is 35.6 Å². The van der Waals surface area contributed by atoms with Crippen molar-refractivity contribution in [1.29, 1.82) is 0 Å². The number of hydrogen-bond donors (Lipinski definition) is 3. The van der Waals surface area contributed by atoms with Crippen LogP contribution in [0.5, 0.6) is 0 Å². The van der Waals surface area contributed by atoms with Gasteiger partial charge in [0.1, 0.15) is 11.0 Å². The Kier molecular flexibility index (Phi) is 9.68. The fourth-order valence-corrected chi connectivity index (χ4v) is 4.29. The third-order valence-corrected chi connectivity index (χ3v) is 10.8. The van der Waals surface area contributed by atoms with Crippen LogP contribution in [0.1, 0.15) is 58.1 Å². The molecule has 0 aliphatic heterocycles. The SMILES string of the molecule is C.C.Cc1ccn2cc(CO)[nH]c(=O)c12.Cc1ccn2cc(CO[Si](C)(C)C(C)(C)C)[nH]c(=O)c12. The first-order valence-electron chi connectivity index (χ1n) is 11.0. The Morgan fingerprint density at radius 3 is 1.74 bits per heavy atom. The van der Waals surface area contributed by atoms with Crippen molar-refractivity contribution in [3.8, 4) is 0 Å². The number of fused-ring (bicyclic) bond motifs is 2. The van der Waals surface area contributed by atoms with Crippen LogP contribution in [0, 0.1) is 13.8 Å². The molecule has 9 heteroatoms. The van der Waals surface area contributed by atoms with Gasteiger partial charge in [0, 0.05) is 24.8 Å². The highest BCUT2D eigenvalue weighted by atomic mass is 28.4. The van der Waals surface area contributed by atoms with Crippen molar-refractivity contribution in [3.63, 3.8) is 0 Å². The highest BCUT2D eigenvalue weighted by Gasteiger charge is 2.37. The van der Waals surface area contributed by atoms with Gasteiger partial charge in [-0.05, 0) is 55.2 Å². The molecule has 0 amide bonds. The van der Waals surface area contributed by atoms with Crippen molar-refractivity contribution in [2.24, 2.45) is 0 Å². The molecule has 4 rings (SSSR count). The minimum absolute atomic E-state index is 0. The lowest BCUT2D eigenvalue weighted by atomic mass is 10.2. The first-order chi connectivity index (χ1) is 15.3. The van der Waals surface area contributed by atoms with Crippen LogP contribution in [-0.4, -0.2) is 32.2 Å². The van der Waals surface area contributed by atoms with Crippen molar-refractivity contribution >= 4 is 19.4 Å². The number of hydrogen-bond acceptors (Lipinski definition) is 4. The van der Waals surface area contributed by atoms with Crippen molar-refractivity contribution in [2.75, 3.05) is 0 Å². The number of aromatic amines is 2. The summed E-state index contributed by atoms with van der Waals surface area (Å²) in [6.07, 6.45) is 7.37. The molecule has 0 bridgehead atoms. The van der Waals surface area contributed by atoms with E-state index in [9.17, 15) is 9.59 Å². The smallest absolute Gasteiger partial charge is 0.272 e. The predicted octanol–water partition coefficient (Wildman–Crippen LogP) is 5.16. The second-order valence-electron chi connectivity index (χ2n) is 9.93. The summed E-state index contributed by atoms with van der Waals surface area (Å²) in [7, 11) is -1.80. The maximum Gasteiger partial charge on any atom is 0.272 e. The van der Waals surface area contributed by atoms with Gasteiger partial charge in [-0.25, -0.2) is 0 Å². The fourth-order valence-electron chi connectivity index (χ4n) is 3.35. The van der Waals surface area contributed by atoms with Gasteiger partial charge in [-0.3, -0.25) is 9.59 Å². The summed E-state index contributed by atoms with van der Waals surface area (Å²) in [6, 6.07) is 3.81. The number of H-pyrrole nitrogens is 2. The molecule has 35 heavy (non-hydrogen) atoms. The summed E-state index contributed by atoms with van der Waals surface area (Å²) in [4.78, 5) is 29.1. The molecule has 4 heterocycles. The van der Waals surface area contributed by atoms with Gasteiger partial charge in [0.05, 0.1) is 24.6 Å². The number of aromatic nitrogens is 4. The van der Waals surface area contributed by atoms with Gasteiger partial charge in [0.15, 0.2) is 8.32 Å². The monoisotopic (exact) mass is 502 g/mol. The molecule has 4 aromatic heterocycles. The summed E-state index contributed by atoms with van der Waals surface area (Å²) in [5.41, 5.74) is 4.40. The molecule has 3 N–H and O–H groups in total. The summed E-state index contributed by atoms with van der Waals surface area (Å²) in [5.74, 6) is 0. The predicted molar refractivity (Wildman–Crippen MR) is 147 cm³/mol. The maximum absolute atomic E-state index is 12.1. The number of aliphatic hydroxyl groups excluding tert-OH is 1. The van der Waals surface area contributed by atoms with Gasteiger partial charge in [-0.2, -0.15) is 0 Å². The number of aliphatic hydroxyl groups is 1. The Bertz CT molecular complexity index is 1390. The Hall–Kier alpha value is -2.88. The van der Waals surface area contributed by atoms with E-state index in [4.69, 9.17) is 9.53 Å².